The third kappa shape index (κ3) is 4.09. The molecule has 1 aromatic heterocycles. The fourth-order valence-electron chi connectivity index (χ4n) is 0.831. The minimum absolute atomic E-state index is 0.694. The average molecular weight is 261 g/mol. The number of rotatable bonds is 3. The Balaban J connectivity index is 2.66. The van der Waals surface area contributed by atoms with Crippen LogP contribution in [0.2, 0.25) is 0 Å². The summed E-state index contributed by atoms with van der Waals surface area (Å²) in [5, 5.41) is 1.05. The van der Waals surface area contributed by atoms with E-state index in [9.17, 15) is 0 Å². The fourth-order valence-corrected chi connectivity index (χ4v) is 2.35. The summed E-state index contributed by atoms with van der Waals surface area (Å²) in [6.07, 6.45) is 0. The molecule has 0 unspecified atom stereocenters. The third-order valence-corrected chi connectivity index (χ3v) is 3.09. The first-order chi connectivity index (χ1) is 6.08. The molecule has 0 aromatic carbocycles. The summed E-state index contributed by atoms with van der Waals surface area (Å²) >= 11 is 5.13. The van der Waals surface area contributed by atoms with Crippen molar-refractivity contribution in [2.75, 3.05) is 5.75 Å². The van der Waals surface area contributed by atoms with Crippen LogP contribution in [0.3, 0.4) is 0 Å². The number of halogens is 1. The van der Waals surface area contributed by atoms with Crippen LogP contribution in [0.1, 0.15) is 19.7 Å². The monoisotopic (exact) mass is 260 g/mol. The minimum Gasteiger partial charge on any atom is -0.227 e. The lowest BCUT2D eigenvalue weighted by Crippen LogP contribution is -1.94. The quantitative estimate of drug-likeness (QED) is 0.616. The van der Waals surface area contributed by atoms with Gasteiger partial charge in [0.2, 0.25) is 0 Å². The maximum Gasteiger partial charge on any atom is 0.127 e. The Morgan fingerprint density at radius 2 is 2.15 bits per heavy atom. The zero-order chi connectivity index (χ0) is 9.84. The maximum atomic E-state index is 4.33. The zero-order valence-corrected chi connectivity index (χ0v) is 10.4. The Labute approximate surface area is 91.7 Å². The highest BCUT2D eigenvalue weighted by Crippen LogP contribution is 2.20. The van der Waals surface area contributed by atoms with Crippen LogP contribution in [0, 0.1) is 12.8 Å². The van der Waals surface area contributed by atoms with Crippen molar-refractivity contribution in [3.63, 3.8) is 0 Å². The van der Waals surface area contributed by atoms with Gasteiger partial charge < -0.3 is 0 Å². The number of hydrogen-bond acceptors (Lipinski definition) is 3. The smallest absolute Gasteiger partial charge is 0.127 e. The van der Waals surface area contributed by atoms with E-state index in [4.69, 9.17) is 0 Å². The van der Waals surface area contributed by atoms with E-state index in [0.717, 1.165) is 21.2 Å². The van der Waals surface area contributed by atoms with Gasteiger partial charge in [0.15, 0.2) is 0 Å². The molecule has 0 bridgehead atoms. The Hall–Kier alpha value is -0.0900. The first-order valence-corrected chi connectivity index (χ1v) is 6.00. The second-order valence-corrected chi connectivity index (χ2v) is 5.13. The number of nitrogens with zero attached hydrogens (tertiary/aromatic N) is 2. The van der Waals surface area contributed by atoms with Crippen molar-refractivity contribution in [1.82, 2.24) is 9.97 Å². The topological polar surface area (TPSA) is 25.8 Å². The van der Waals surface area contributed by atoms with Crippen LogP contribution in [0.5, 0.6) is 0 Å². The second-order valence-electron chi connectivity index (χ2n) is 3.28. The molecule has 0 N–H and O–H groups in total. The van der Waals surface area contributed by atoms with Crippen LogP contribution in [-0.4, -0.2) is 15.7 Å². The number of hydrogen-bond donors (Lipinski definition) is 0. The van der Waals surface area contributed by atoms with E-state index < -0.39 is 0 Å². The van der Waals surface area contributed by atoms with Gasteiger partial charge in [0.05, 0.1) is 0 Å². The van der Waals surface area contributed by atoms with Crippen molar-refractivity contribution < 1.29 is 0 Å². The van der Waals surface area contributed by atoms with Gasteiger partial charge in [-0.2, -0.15) is 0 Å². The molecule has 0 saturated heterocycles. The summed E-state index contributed by atoms with van der Waals surface area (Å²) in [6.45, 7) is 6.32. The Morgan fingerprint density at radius 3 is 2.69 bits per heavy atom. The lowest BCUT2D eigenvalue weighted by molar-refractivity contribution is 0.749. The maximum absolute atomic E-state index is 4.33. The predicted octanol–water partition coefficient (Wildman–Crippen LogP) is 3.30. The Morgan fingerprint density at radius 1 is 1.46 bits per heavy atom. The van der Waals surface area contributed by atoms with E-state index in [-0.39, 0.29) is 0 Å². The van der Waals surface area contributed by atoms with Crippen molar-refractivity contribution in [2.45, 2.75) is 25.8 Å². The van der Waals surface area contributed by atoms with Gasteiger partial charge in [-0.1, -0.05) is 13.8 Å². The molecular formula is C9H13BrN2S. The molecule has 1 heterocycles. The van der Waals surface area contributed by atoms with Crippen LogP contribution >= 0.6 is 27.7 Å². The normalized spacial score (nSPS) is 10.8. The van der Waals surface area contributed by atoms with E-state index in [1.54, 1.807) is 11.8 Å². The molecule has 0 aliphatic heterocycles. The fraction of sp³-hybridized carbons (Fsp3) is 0.556. The molecule has 0 radical (unpaired) electrons. The molecule has 0 aliphatic carbocycles. The molecular weight excluding hydrogens is 248 g/mol. The van der Waals surface area contributed by atoms with E-state index in [2.05, 4.69) is 39.7 Å². The van der Waals surface area contributed by atoms with Gasteiger partial charge in [-0.05, 0) is 28.8 Å². The SMILES string of the molecule is Cc1nc(Br)cc(SCC(C)C)n1. The van der Waals surface area contributed by atoms with Crippen molar-refractivity contribution in [1.29, 1.82) is 0 Å². The lowest BCUT2D eigenvalue weighted by atomic mass is 10.3. The van der Waals surface area contributed by atoms with Crippen molar-refractivity contribution in [3.05, 3.63) is 16.5 Å². The molecule has 2 nitrogen and oxygen atoms in total. The van der Waals surface area contributed by atoms with Crippen LogP contribution < -0.4 is 0 Å². The summed E-state index contributed by atoms with van der Waals surface area (Å²) in [5.41, 5.74) is 0. The Kier molecular flexibility index (Phi) is 4.19. The average Bonchev–Trinajstić information content (AvgIpc) is 1.99. The summed E-state index contributed by atoms with van der Waals surface area (Å²) in [6, 6.07) is 1.96. The summed E-state index contributed by atoms with van der Waals surface area (Å²) < 4.78 is 0.867. The standard InChI is InChI=1S/C9H13BrN2S/c1-6(2)5-13-9-4-8(10)11-7(3)12-9/h4,6H,5H2,1-3H3. The van der Waals surface area contributed by atoms with E-state index >= 15 is 0 Å². The van der Waals surface area contributed by atoms with E-state index in [0.29, 0.717) is 5.92 Å². The molecule has 72 valence electrons. The molecule has 0 atom stereocenters. The highest BCUT2D eigenvalue weighted by atomic mass is 79.9. The van der Waals surface area contributed by atoms with Crippen molar-refractivity contribution in [2.24, 2.45) is 5.92 Å². The largest absolute Gasteiger partial charge is 0.227 e. The highest BCUT2D eigenvalue weighted by molar-refractivity contribution is 9.10. The number of aryl methyl sites for hydroxylation is 1. The van der Waals surface area contributed by atoms with Crippen LogP contribution in [0.4, 0.5) is 0 Å². The molecule has 0 fully saturated rings. The summed E-state index contributed by atoms with van der Waals surface area (Å²) in [5.74, 6) is 2.61. The second kappa shape index (κ2) is 4.96. The zero-order valence-electron chi connectivity index (χ0n) is 8.04. The van der Waals surface area contributed by atoms with Gasteiger partial charge in [-0.25, -0.2) is 9.97 Å². The van der Waals surface area contributed by atoms with Gasteiger partial charge >= 0.3 is 0 Å². The minimum atomic E-state index is 0.694. The number of thioether (sulfide) groups is 1. The van der Waals surface area contributed by atoms with Gasteiger partial charge in [-0.3, -0.25) is 0 Å². The summed E-state index contributed by atoms with van der Waals surface area (Å²) in [4.78, 5) is 8.48. The summed E-state index contributed by atoms with van der Waals surface area (Å²) in [7, 11) is 0. The van der Waals surface area contributed by atoms with Gasteiger partial charge in [0.1, 0.15) is 15.5 Å². The molecule has 0 saturated carbocycles. The van der Waals surface area contributed by atoms with E-state index in [1.807, 2.05) is 13.0 Å². The van der Waals surface area contributed by atoms with Crippen molar-refractivity contribution >= 4 is 27.7 Å². The van der Waals surface area contributed by atoms with Crippen LogP contribution in [0.15, 0.2) is 15.7 Å². The predicted molar refractivity (Wildman–Crippen MR) is 60.0 cm³/mol. The molecule has 0 amide bonds. The highest BCUT2D eigenvalue weighted by Gasteiger charge is 2.01. The van der Waals surface area contributed by atoms with Crippen molar-refractivity contribution in [3.8, 4) is 0 Å². The van der Waals surface area contributed by atoms with Crippen LogP contribution in [0.25, 0.3) is 0 Å². The first-order valence-electron chi connectivity index (χ1n) is 4.22. The third-order valence-electron chi connectivity index (χ3n) is 1.35. The van der Waals surface area contributed by atoms with Crippen LogP contribution in [-0.2, 0) is 0 Å². The lowest BCUT2D eigenvalue weighted by Gasteiger charge is -2.04. The van der Waals surface area contributed by atoms with Gasteiger partial charge in [-0.15, -0.1) is 11.8 Å². The Bertz CT molecular complexity index is 269. The molecule has 1 rings (SSSR count). The molecule has 4 heteroatoms. The molecule has 13 heavy (non-hydrogen) atoms. The van der Waals surface area contributed by atoms with Gasteiger partial charge in [0, 0.05) is 11.8 Å². The molecule has 0 spiro atoms. The number of aromatic nitrogens is 2. The molecule has 1 aromatic rings. The molecule has 0 aliphatic rings. The van der Waals surface area contributed by atoms with Gasteiger partial charge in [0.25, 0.3) is 0 Å². The van der Waals surface area contributed by atoms with E-state index in [1.165, 1.54) is 0 Å². The first kappa shape index (κ1) is 11.0.